The third-order valence-electron chi connectivity index (χ3n) is 9.88. The second-order valence-electron chi connectivity index (χ2n) is 12.6. The van der Waals surface area contributed by atoms with E-state index in [-0.39, 0.29) is 0 Å². The van der Waals surface area contributed by atoms with Crippen molar-refractivity contribution >= 4 is 94.0 Å². The second kappa shape index (κ2) is 10.4. The predicted octanol–water partition coefficient (Wildman–Crippen LogP) is 12.3. The molecule has 2 aromatic heterocycles. The highest BCUT2D eigenvalue weighted by Crippen LogP contribution is 2.53. The maximum absolute atomic E-state index is 6.41. The van der Waals surface area contributed by atoms with Gasteiger partial charge in [0.05, 0.1) is 14.9 Å². The Labute approximate surface area is 291 Å². The minimum absolute atomic E-state index is 0.593. The SMILES string of the molecule is c1ccc2c3c(ccc2c1)N(c1ccc2cc(C4=Nc5c(oc6ccccc56)C(c5cc[nH]c5)=I4)ccc2c1)c1cccc2cccc-3c12. The number of fused-ring (bicyclic) bond motifs is 8. The molecule has 230 valence electrons. The molecular formula is C44H26IN3O. The number of nitrogens with one attached hydrogen (secondary N) is 1. The predicted molar refractivity (Wildman–Crippen MR) is 213 cm³/mol. The second-order valence-corrected chi connectivity index (χ2v) is 15.3. The summed E-state index contributed by atoms with van der Waals surface area (Å²) in [7, 11) is 0. The molecule has 4 heterocycles. The van der Waals surface area contributed by atoms with E-state index in [9.17, 15) is 0 Å². The summed E-state index contributed by atoms with van der Waals surface area (Å²) in [5.41, 5.74) is 10.3. The minimum atomic E-state index is -0.593. The highest BCUT2D eigenvalue weighted by atomic mass is 127. The Morgan fingerprint density at radius 1 is 0.612 bits per heavy atom. The van der Waals surface area contributed by atoms with E-state index >= 15 is 0 Å². The zero-order valence-electron chi connectivity index (χ0n) is 26.1. The van der Waals surface area contributed by atoms with Crippen molar-refractivity contribution in [1.29, 1.82) is 0 Å². The lowest BCUT2D eigenvalue weighted by atomic mass is 9.87. The molecule has 0 radical (unpaired) electrons. The molecule has 0 spiro atoms. The average molecular weight is 740 g/mol. The van der Waals surface area contributed by atoms with Crippen LogP contribution in [0, 0.1) is 0 Å². The summed E-state index contributed by atoms with van der Waals surface area (Å²) < 4.78 is 8.82. The third-order valence-corrected chi connectivity index (χ3v) is 12.9. The van der Waals surface area contributed by atoms with Crippen LogP contribution in [-0.2, 0) is 0 Å². The molecule has 4 nitrogen and oxygen atoms in total. The molecule has 0 atom stereocenters. The number of benzene rings is 7. The van der Waals surface area contributed by atoms with Crippen molar-refractivity contribution in [2.45, 2.75) is 0 Å². The number of para-hydroxylation sites is 1. The molecule has 49 heavy (non-hydrogen) atoms. The molecule has 0 unspecified atom stereocenters. The normalized spacial score (nSPS) is 13.7. The number of H-pyrrole nitrogens is 1. The van der Waals surface area contributed by atoms with Crippen molar-refractivity contribution in [3.05, 3.63) is 169 Å². The molecule has 0 saturated carbocycles. The van der Waals surface area contributed by atoms with Crippen LogP contribution in [0.15, 0.2) is 161 Å². The van der Waals surface area contributed by atoms with Gasteiger partial charge in [0.2, 0.25) is 0 Å². The maximum Gasteiger partial charge on any atom is 0.167 e. The van der Waals surface area contributed by atoms with Gasteiger partial charge in [-0.25, -0.2) is 4.99 Å². The quantitative estimate of drug-likeness (QED) is 0.183. The standard InChI is InChI=1S/C44H26IN3O/c1-2-10-33-26(7-1)18-20-37-40(33)35-12-5-8-27-9-6-13-36(39(27)35)48(37)32-19-17-28-23-30(16-15-29(28)24-32)44-45-41(31-21-22-46-25-31)43-42(47-44)34-11-3-4-14-38(34)49-43/h1-25,46H. The van der Waals surface area contributed by atoms with Gasteiger partial charge in [-0.15, -0.1) is 0 Å². The summed E-state index contributed by atoms with van der Waals surface area (Å²) in [5, 5.41) is 8.54. The Kier molecular flexibility index (Phi) is 5.75. The summed E-state index contributed by atoms with van der Waals surface area (Å²) in [6, 6.07) is 50.7. The molecule has 7 aromatic carbocycles. The molecule has 0 fully saturated rings. The largest absolute Gasteiger partial charge is 0.453 e. The Balaban J connectivity index is 1.07. The molecule has 2 aliphatic heterocycles. The van der Waals surface area contributed by atoms with Crippen LogP contribution in [0.1, 0.15) is 16.9 Å². The van der Waals surface area contributed by atoms with Crippen molar-refractivity contribution < 1.29 is 4.42 Å². The van der Waals surface area contributed by atoms with E-state index in [4.69, 9.17) is 9.41 Å². The molecule has 0 bridgehead atoms. The Morgan fingerprint density at radius 3 is 2.33 bits per heavy atom. The van der Waals surface area contributed by atoms with Gasteiger partial charge in [-0.2, -0.15) is 0 Å². The van der Waals surface area contributed by atoms with Crippen LogP contribution in [-0.4, -0.2) is 12.2 Å². The van der Waals surface area contributed by atoms with Gasteiger partial charge < -0.3 is 14.3 Å². The third kappa shape index (κ3) is 4.03. The first-order valence-corrected chi connectivity index (χ1v) is 18.6. The number of aromatic nitrogens is 1. The van der Waals surface area contributed by atoms with Crippen LogP contribution in [0.5, 0.6) is 0 Å². The summed E-state index contributed by atoms with van der Waals surface area (Å²) in [6.45, 7) is 0. The number of anilines is 3. The maximum atomic E-state index is 6.41. The Bertz CT molecular complexity index is 2890. The van der Waals surface area contributed by atoms with Gasteiger partial charge in [-0.3, -0.25) is 0 Å². The molecule has 0 aliphatic carbocycles. The lowest BCUT2D eigenvalue weighted by Crippen LogP contribution is -2.15. The molecule has 2 aliphatic rings. The van der Waals surface area contributed by atoms with E-state index < -0.39 is 20.7 Å². The number of hydrogen-bond acceptors (Lipinski definition) is 3. The van der Waals surface area contributed by atoms with Crippen LogP contribution in [0.2, 0.25) is 0 Å². The fourth-order valence-electron chi connectivity index (χ4n) is 7.66. The van der Waals surface area contributed by atoms with E-state index in [0.29, 0.717) is 0 Å². The van der Waals surface area contributed by atoms with Gasteiger partial charge in [-0.1, -0.05) is 112 Å². The van der Waals surface area contributed by atoms with Gasteiger partial charge in [0.25, 0.3) is 0 Å². The Morgan fingerprint density at radius 2 is 1.41 bits per heavy atom. The molecule has 0 saturated heterocycles. The van der Waals surface area contributed by atoms with E-state index in [1.165, 1.54) is 69.5 Å². The molecule has 9 aromatic rings. The van der Waals surface area contributed by atoms with E-state index in [2.05, 4.69) is 143 Å². The fourth-order valence-corrected chi connectivity index (χ4v) is 10.4. The van der Waals surface area contributed by atoms with Crippen LogP contribution < -0.4 is 4.90 Å². The van der Waals surface area contributed by atoms with E-state index in [1.54, 1.807) is 0 Å². The van der Waals surface area contributed by atoms with Crippen LogP contribution in [0.4, 0.5) is 22.7 Å². The first-order valence-electron chi connectivity index (χ1n) is 16.4. The number of aromatic amines is 1. The van der Waals surface area contributed by atoms with Gasteiger partial charge in [-0.05, 0) is 81.0 Å². The van der Waals surface area contributed by atoms with E-state index in [1.807, 2.05) is 18.3 Å². The first-order chi connectivity index (χ1) is 24.3. The highest BCUT2D eigenvalue weighted by molar-refractivity contribution is 14.2. The number of hydrogen-bond donors (Lipinski definition) is 1. The van der Waals surface area contributed by atoms with Gasteiger partial charge in [0.15, 0.2) is 5.76 Å². The molecule has 11 rings (SSSR count). The first kappa shape index (κ1) is 27.2. The number of furan rings is 1. The van der Waals surface area contributed by atoms with Gasteiger partial charge in [0, 0.05) is 45.5 Å². The topological polar surface area (TPSA) is 44.5 Å². The fraction of sp³-hybridized carbons (Fsp3) is 0. The Hall–Kier alpha value is -5.79. The van der Waals surface area contributed by atoms with Gasteiger partial charge >= 0.3 is 0 Å². The van der Waals surface area contributed by atoms with Crippen molar-refractivity contribution in [3.8, 4) is 11.1 Å². The van der Waals surface area contributed by atoms with Crippen molar-refractivity contribution in [2.75, 3.05) is 4.90 Å². The van der Waals surface area contributed by atoms with Crippen molar-refractivity contribution in [3.63, 3.8) is 0 Å². The van der Waals surface area contributed by atoms with Crippen LogP contribution in [0.25, 0.3) is 54.4 Å². The summed E-state index contributed by atoms with van der Waals surface area (Å²) in [4.78, 5) is 11.0. The lowest BCUT2D eigenvalue weighted by Gasteiger charge is -2.34. The molecule has 5 heteroatoms. The lowest BCUT2D eigenvalue weighted by molar-refractivity contribution is 0.608. The summed E-state index contributed by atoms with van der Waals surface area (Å²) in [5.74, 6) is 0.911. The molecular weight excluding hydrogens is 713 g/mol. The van der Waals surface area contributed by atoms with Crippen LogP contribution in [0.3, 0.4) is 0 Å². The van der Waals surface area contributed by atoms with Crippen molar-refractivity contribution in [2.24, 2.45) is 4.99 Å². The van der Waals surface area contributed by atoms with Crippen molar-refractivity contribution in [1.82, 2.24) is 4.98 Å². The minimum Gasteiger partial charge on any atom is -0.453 e. The molecule has 0 amide bonds. The molecule has 1 N–H and O–H groups in total. The van der Waals surface area contributed by atoms with Gasteiger partial charge in [0.1, 0.15) is 15.0 Å². The van der Waals surface area contributed by atoms with E-state index in [0.717, 1.165) is 31.8 Å². The average Bonchev–Trinajstić information content (AvgIpc) is 3.83. The summed E-state index contributed by atoms with van der Waals surface area (Å²) in [6.07, 6.45) is 4.05. The monoisotopic (exact) mass is 739 g/mol. The zero-order chi connectivity index (χ0) is 32.1. The number of halogens is 1. The number of nitrogens with zero attached hydrogens (tertiary/aromatic N) is 2. The van der Waals surface area contributed by atoms with Crippen LogP contribution >= 0.6 is 20.7 Å². The highest BCUT2D eigenvalue weighted by Gasteiger charge is 2.28. The smallest absolute Gasteiger partial charge is 0.167 e. The zero-order valence-corrected chi connectivity index (χ0v) is 28.3. The number of aliphatic imine (C=N–C) groups is 1. The summed E-state index contributed by atoms with van der Waals surface area (Å²) >= 11 is -0.593. The number of rotatable bonds is 3.